The van der Waals surface area contributed by atoms with Crippen molar-refractivity contribution in [3.63, 3.8) is 0 Å². The van der Waals surface area contributed by atoms with Crippen molar-refractivity contribution < 1.29 is 4.79 Å². The van der Waals surface area contributed by atoms with Crippen molar-refractivity contribution in [3.05, 3.63) is 29.8 Å². The Balaban J connectivity index is 1.91. The van der Waals surface area contributed by atoms with E-state index in [1.807, 2.05) is 12.1 Å². The predicted octanol–water partition coefficient (Wildman–Crippen LogP) is 3.26. The van der Waals surface area contributed by atoms with Crippen LogP contribution >= 0.6 is 23.4 Å². The molecule has 1 aliphatic rings. The molecule has 1 heterocycles. The number of fused-ring (bicyclic) bond motifs is 1. The molecule has 0 saturated carbocycles. The molecule has 0 bridgehead atoms. The molecule has 0 spiro atoms. The highest BCUT2D eigenvalue weighted by atomic mass is 35.5. The van der Waals surface area contributed by atoms with Crippen LogP contribution in [0.15, 0.2) is 29.2 Å². The molecule has 2 atom stereocenters. The molecule has 0 aliphatic carbocycles. The predicted molar refractivity (Wildman–Crippen MR) is 77.4 cm³/mol. The highest BCUT2D eigenvalue weighted by molar-refractivity contribution is 7.99. The van der Waals surface area contributed by atoms with Gasteiger partial charge in [-0.2, -0.15) is 0 Å². The fraction of sp³-hybridized carbons (Fsp3) is 0.500. The van der Waals surface area contributed by atoms with Gasteiger partial charge in [0.1, 0.15) is 0 Å². The Morgan fingerprint density at radius 2 is 2.33 bits per heavy atom. The number of hydrogen-bond donors (Lipinski definition) is 1. The summed E-state index contributed by atoms with van der Waals surface area (Å²) in [6.07, 6.45) is 0.942. The van der Waals surface area contributed by atoms with Gasteiger partial charge in [-0.1, -0.05) is 25.1 Å². The molecule has 4 heteroatoms. The molecule has 0 aromatic heterocycles. The molecule has 1 aromatic rings. The molecule has 0 saturated heterocycles. The third kappa shape index (κ3) is 3.21. The largest absolute Gasteiger partial charge is 0.355 e. The van der Waals surface area contributed by atoms with Crippen LogP contribution in [0.2, 0.25) is 0 Å². The van der Waals surface area contributed by atoms with E-state index < -0.39 is 0 Å². The number of halogens is 1. The van der Waals surface area contributed by atoms with Crippen molar-refractivity contribution in [2.75, 3.05) is 18.2 Å². The van der Waals surface area contributed by atoms with E-state index in [0.29, 0.717) is 11.8 Å². The number of hydrogen-bond acceptors (Lipinski definition) is 2. The first kappa shape index (κ1) is 13.8. The zero-order valence-corrected chi connectivity index (χ0v) is 12.1. The lowest BCUT2D eigenvalue weighted by molar-refractivity contribution is -0.122. The zero-order valence-electron chi connectivity index (χ0n) is 10.5. The molecular weight excluding hydrogens is 266 g/mol. The Labute approximate surface area is 117 Å². The van der Waals surface area contributed by atoms with Crippen LogP contribution in [-0.2, 0) is 4.79 Å². The number of rotatable bonds is 5. The fourth-order valence-electron chi connectivity index (χ4n) is 2.07. The maximum atomic E-state index is 12.2. The maximum Gasteiger partial charge on any atom is 0.228 e. The van der Waals surface area contributed by atoms with Crippen LogP contribution in [0.4, 0.5) is 0 Å². The van der Waals surface area contributed by atoms with Gasteiger partial charge in [-0.25, -0.2) is 0 Å². The quantitative estimate of drug-likeness (QED) is 0.841. The van der Waals surface area contributed by atoms with Crippen molar-refractivity contribution in [1.82, 2.24) is 5.32 Å². The second-order valence-corrected chi connectivity index (χ2v) is 6.17. The summed E-state index contributed by atoms with van der Waals surface area (Å²) in [5.74, 6) is 2.10. The number of thioether (sulfide) groups is 1. The van der Waals surface area contributed by atoms with Crippen molar-refractivity contribution in [2.24, 2.45) is 5.92 Å². The normalized spacial score (nSPS) is 19.3. The summed E-state index contributed by atoms with van der Waals surface area (Å²) in [7, 11) is 0. The first-order valence-corrected chi connectivity index (χ1v) is 7.79. The van der Waals surface area contributed by atoms with Gasteiger partial charge in [-0.15, -0.1) is 23.4 Å². The standard InChI is InChI=1S/C14H18ClNOS/c1-10(6-7-15)8-16-14(17)12-9-18-13-5-3-2-4-11(12)13/h2-5,10,12H,6-9H2,1H3,(H,16,17). The summed E-state index contributed by atoms with van der Waals surface area (Å²) < 4.78 is 0. The number of carbonyl (C=O) groups is 1. The number of carbonyl (C=O) groups excluding carboxylic acids is 1. The average Bonchev–Trinajstić information content (AvgIpc) is 2.80. The van der Waals surface area contributed by atoms with Gasteiger partial charge in [0.2, 0.25) is 5.91 Å². The van der Waals surface area contributed by atoms with Gasteiger partial charge in [-0.3, -0.25) is 4.79 Å². The summed E-state index contributed by atoms with van der Waals surface area (Å²) in [5, 5.41) is 3.04. The Hall–Kier alpha value is -0.670. The first-order valence-electron chi connectivity index (χ1n) is 6.27. The van der Waals surface area contributed by atoms with E-state index in [1.165, 1.54) is 10.5 Å². The van der Waals surface area contributed by atoms with Crippen molar-refractivity contribution in [1.29, 1.82) is 0 Å². The van der Waals surface area contributed by atoms with Crippen LogP contribution in [0.1, 0.15) is 24.8 Å². The molecule has 1 aliphatic heterocycles. The van der Waals surface area contributed by atoms with Crippen molar-refractivity contribution >= 4 is 29.3 Å². The molecule has 98 valence electrons. The van der Waals surface area contributed by atoms with Gasteiger partial charge < -0.3 is 5.32 Å². The van der Waals surface area contributed by atoms with E-state index in [9.17, 15) is 4.79 Å². The number of benzene rings is 1. The third-order valence-electron chi connectivity index (χ3n) is 3.24. The lowest BCUT2D eigenvalue weighted by Gasteiger charge is -2.14. The maximum absolute atomic E-state index is 12.2. The molecule has 1 aromatic carbocycles. The molecule has 2 nitrogen and oxygen atoms in total. The van der Waals surface area contributed by atoms with Gasteiger partial charge in [-0.05, 0) is 24.0 Å². The molecule has 2 rings (SSSR count). The SMILES string of the molecule is CC(CCCl)CNC(=O)C1CSc2ccccc21. The van der Waals surface area contributed by atoms with Gasteiger partial charge in [0, 0.05) is 23.1 Å². The van der Waals surface area contributed by atoms with Gasteiger partial charge in [0.15, 0.2) is 0 Å². The van der Waals surface area contributed by atoms with Crippen LogP contribution in [0.25, 0.3) is 0 Å². The summed E-state index contributed by atoms with van der Waals surface area (Å²) >= 11 is 7.46. The Bertz CT molecular complexity index is 424. The molecule has 2 unspecified atom stereocenters. The van der Waals surface area contributed by atoms with Crippen LogP contribution in [0.5, 0.6) is 0 Å². The topological polar surface area (TPSA) is 29.1 Å². The minimum Gasteiger partial charge on any atom is -0.355 e. The fourth-order valence-corrected chi connectivity index (χ4v) is 3.67. The average molecular weight is 284 g/mol. The van der Waals surface area contributed by atoms with E-state index in [1.54, 1.807) is 11.8 Å². The Morgan fingerprint density at radius 1 is 1.56 bits per heavy atom. The number of alkyl halides is 1. The lowest BCUT2D eigenvalue weighted by atomic mass is 10.00. The van der Waals surface area contributed by atoms with E-state index in [-0.39, 0.29) is 11.8 Å². The number of nitrogens with one attached hydrogen (secondary N) is 1. The second kappa shape index (κ2) is 6.48. The first-order chi connectivity index (χ1) is 8.72. The molecule has 0 radical (unpaired) electrons. The van der Waals surface area contributed by atoms with Gasteiger partial charge >= 0.3 is 0 Å². The highest BCUT2D eigenvalue weighted by Gasteiger charge is 2.28. The van der Waals surface area contributed by atoms with Crippen LogP contribution < -0.4 is 5.32 Å². The minimum absolute atomic E-state index is 0.00871. The summed E-state index contributed by atoms with van der Waals surface area (Å²) in [5.41, 5.74) is 1.17. The third-order valence-corrected chi connectivity index (χ3v) is 4.64. The molecule has 1 amide bonds. The van der Waals surface area contributed by atoms with Gasteiger partial charge in [0.25, 0.3) is 0 Å². The van der Waals surface area contributed by atoms with Crippen LogP contribution in [-0.4, -0.2) is 24.1 Å². The second-order valence-electron chi connectivity index (χ2n) is 4.73. The Kier molecular flexibility index (Phi) is 4.95. The molecule has 0 fully saturated rings. The molecular formula is C14H18ClNOS. The zero-order chi connectivity index (χ0) is 13.0. The molecule has 1 N–H and O–H groups in total. The summed E-state index contributed by atoms with van der Waals surface area (Å²) in [4.78, 5) is 13.4. The lowest BCUT2D eigenvalue weighted by Crippen LogP contribution is -2.33. The van der Waals surface area contributed by atoms with Crippen LogP contribution in [0, 0.1) is 5.92 Å². The van der Waals surface area contributed by atoms with E-state index in [4.69, 9.17) is 11.6 Å². The number of amides is 1. The van der Waals surface area contributed by atoms with E-state index >= 15 is 0 Å². The van der Waals surface area contributed by atoms with E-state index in [0.717, 1.165) is 18.7 Å². The summed E-state index contributed by atoms with van der Waals surface area (Å²) in [6.45, 7) is 2.83. The Morgan fingerprint density at radius 3 is 3.11 bits per heavy atom. The van der Waals surface area contributed by atoms with Crippen LogP contribution in [0.3, 0.4) is 0 Å². The van der Waals surface area contributed by atoms with Crippen molar-refractivity contribution in [3.8, 4) is 0 Å². The minimum atomic E-state index is 0.00871. The molecule has 18 heavy (non-hydrogen) atoms. The summed E-state index contributed by atoms with van der Waals surface area (Å²) in [6, 6.07) is 8.17. The smallest absolute Gasteiger partial charge is 0.228 e. The monoisotopic (exact) mass is 283 g/mol. The van der Waals surface area contributed by atoms with Crippen molar-refractivity contribution in [2.45, 2.75) is 24.2 Å². The van der Waals surface area contributed by atoms with E-state index in [2.05, 4.69) is 24.4 Å². The highest BCUT2D eigenvalue weighted by Crippen LogP contribution is 2.39. The van der Waals surface area contributed by atoms with Gasteiger partial charge in [0.05, 0.1) is 5.92 Å².